The normalized spacial score (nSPS) is 45.7. The molecule has 6 atom stereocenters. The van der Waals surface area contributed by atoms with Crippen molar-refractivity contribution in [3.05, 3.63) is 0 Å². The van der Waals surface area contributed by atoms with Gasteiger partial charge >= 0.3 is 0 Å². The summed E-state index contributed by atoms with van der Waals surface area (Å²) in [6.45, 7) is 4.11. The van der Waals surface area contributed by atoms with Gasteiger partial charge in [0, 0.05) is 17.2 Å². The predicted octanol–water partition coefficient (Wildman–Crippen LogP) is 2.85. The molecule has 0 aromatic rings. The number of hydrogen-bond donors (Lipinski definition) is 2. The highest BCUT2D eigenvalue weighted by Gasteiger charge is 2.58. The van der Waals surface area contributed by atoms with Gasteiger partial charge in [0.2, 0.25) is 0 Å². The zero-order chi connectivity index (χ0) is 15.9. The van der Waals surface area contributed by atoms with Gasteiger partial charge in [-0.3, -0.25) is 4.99 Å². The molecule has 5 heteroatoms. The highest BCUT2D eigenvalue weighted by atomic mass is 35.5. The molecule has 0 saturated heterocycles. The second-order valence-corrected chi connectivity index (χ2v) is 8.16. The molecule has 3 rings (SSSR count). The van der Waals surface area contributed by atoms with Crippen LogP contribution < -0.4 is 5.73 Å². The van der Waals surface area contributed by atoms with E-state index in [1.807, 2.05) is 0 Å². The fraction of sp³-hybridized carbons (Fsp3) is 0.941. The number of nitrogens with two attached hydrogens (primary N) is 1. The lowest BCUT2D eigenvalue weighted by Crippen LogP contribution is -2.59. The van der Waals surface area contributed by atoms with Crippen LogP contribution in [0.4, 0.5) is 0 Å². The van der Waals surface area contributed by atoms with E-state index in [1.165, 1.54) is 0 Å². The molecule has 126 valence electrons. The number of aliphatic imine (C=N–C) groups is 1. The summed E-state index contributed by atoms with van der Waals surface area (Å²) >= 11 is 6.38. The molecule has 22 heavy (non-hydrogen) atoms. The Morgan fingerprint density at radius 3 is 2.68 bits per heavy atom. The largest absolute Gasteiger partial charge is 0.385 e. The van der Waals surface area contributed by atoms with Crippen molar-refractivity contribution < 1.29 is 9.84 Å². The van der Waals surface area contributed by atoms with E-state index >= 15 is 0 Å². The second kappa shape index (κ2) is 6.29. The average molecular weight is 329 g/mol. The zero-order valence-electron chi connectivity index (χ0n) is 13.7. The number of hydrogen-bond acceptors (Lipinski definition) is 4. The van der Waals surface area contributed by atoms with Crippen LogP contribution in [0.15, 0.2) is 4.99 Å². The molecule has 2 fully saturated rings. The van der Waals surface area contributed by atoms with Gasteiger partial charge in [0.15, 0.2) is 0 Å². The molecule has 0 radical (unpaired) electrons. The summed E-state index contributed by atoms with van der Waals surface area (Å²) in [6, 6.07) is 0.140. The minimum Gasteiger partial charge on any atom is -0.385 e. The van der Waals surface area contributed by atoms with Crippen molar-refractivity contribution in [2.75, 3.05) is 0 Å². The lowest BCUT2D eigenvalue weighted by atomic mass is 9.65. The number of nitrogens with zero attached hydrogens (tertiary/aromatic N) is 1. The number of ether oxygens (including phenoxy) is 1. The summed E-state index contributed by atoms with van der Waals surface area (Å²) in [7, 11) is 0. The summed E-state index contributed by atoms with van der Waals surface area (Å²) in [5.74, 6) is 0.534. The van der Waals surface area contributed by atoms with Gasteiger partial charge in [-0.1, -0.05) is 12.8 Å². The van der Waals surface area contributed by atoms with E-state index in [0.29, 0.717) is 5.84 Å². The molecule has 5 unspecified atom stereocenters. The highest BCUT2D eigenvalue weighted by Crippen LogP contribution is 2.49. The molecular weight excluding hydrogens is 300 g/mol. The smallest absolute Gasteiger partial charge is 0.131 e. The van der Waals surface area contributed by atoms with Gasteiger partial charge < -0.3 is 15.6 Å². The van der Waals surface area contributed by atoms with Gasteiger partial charge in [-0.25, -0.2) is 0 Å². The molecular formula is C17H29ClN2O2. The van der Waals surface area contributed by atoms with E-state index in [9.17, 15) is 5.11 Å². The van der Waals surface area contributed by atoms with E-state index in [-0.39, 0.29) is 35.5 Å². The average Bonchev–Trinajstić information content (AvgIpc) is 2.72. The van der Waals surface area contributed by atoms with Gasteiger partial charge in [-0.05, 0) is 46.0 Å². The van der Waals surface area contributed by atoms with E-state index in [4.69, 9.17) is 22.1 Å². The SMILES string of the molecule is CC(C)OC1CCCCC1[C@]1(O)C(N)=NC2CCC(Cl)CC21. The van der Waals surface area contributed by atoms with Gasteiger partial charge in [-0.2, -0.15) is 0 Å². The summed E-state index contributed by atoms with van der Waals surface area (Å²) in [5, 5.41) is 11.7. The Bertz CT molecular complexity index is 442. The number of amidine groups is 1. The fourth-order valence-corrected chi connectivity index (χ4v) is 5.10. The van der Waals surface area contributed by atoms with E-state index < -0.39 is 5.60 Å². The topological polar surface area (TPSA) is 67.8 Å². The lowest BCUT2D eigenvalue weighted by molar-refractivity contribution is -0.119. The summed E-state index contributed by atoms with van der Waals surface area (Å²) in [5.41, 5.74) is 5.21. The molecule has 0 amide bonds. The first-order valence-electron chi connectivity index (χ1n) is 8.78. The Hall–Kier alpha value is -0.320. The molecule has 1 heterocycles. The van der Waals surface area contributed by atoms with Crippen molar-refractivity contribution in [1.29, 1.82) is 0 Å². The van der Waals surface area contributed by atoms with Gasteiger partial charge in [0.1, 0.15) is 11.4 Å². The third-order valence-electron chi connectivity index (χ3n) is 5.75. The highest BCUT2D eigenvalue weighted by molar-refractivity contribution is 6.20. The molecule has 0 bridgehead atoms. The van der Waals surface area contributed by atoms with Gasteiger partial charge in [0.25, 0.3) is 0 Å². The molecule has 4 nitrogen and oxygen atoms in total. The summed E-state index contributed by atoms with van der Waals surface area (Å²) in [4.78, 5) is 4.62. The zero-order valence-corrected chi connectivity index (χ0v) is 14.4. The summed E-state index contributed by atoms with van der Waals surface area (Å²) < 4.78 is 6.13. The van der Waals surface area contributed by atoms with Crippen LogP contribution in [-0.4, -0.2) is 40.2 Å². The Labute approximate surface area is 138 Å². The molecule has 0 aromatic carbocycles. The number of aliphatic hydroxyl groups is 1. The molecule has 0 aromatic heterocycles. The monoisotopic (exact) mass is 328 g/mol. The summed E-state index contributed by atoms with van der Waals surface area (Å²) in [6.07, 6.45) is 7.18. The third-order valence-corrected chi connectivity index (χ3v) is 6.14. The van der Waals surface area contributed by atoms with Crippen molar-refractivity contribution in [3.8, 4) is 0 Å². The first-order valence-corrected chi connectivity index (χ1v) is 9.22. The minimum absolute atomic E-state index is 0.0457. The molecule has 2 saturated carbocycles. The van der Waals surface area contributed by atoms with Crippen LogP contribution in [-0.2, 0) is 4.74 Å². The van der Waals surface area contributed by atoms with Crippen LogP contribution in [0.5, 0.6) is 0 Å². The Morgan fingerprint density at radius 1 is 1.23 bits per heavy atom. The van der Waals surface area contributed by atoms with E-state index in [1.54, 1.807) is 0 Å². The predicted molar refractivity (Wildman–Crippen MR) is 89.3 cm³/mol. The number of fused-ring (bicyclic) bond motifs is 1. The first-order chi connectivity index (χ1) is 10.4. The van der Waals surface area contributed by atoms with Crippen molar-refractivity contribution in [1.82, 2.24) is 0 Å². The van der Waals surface area contributed by atoms with E-state index in [0.717, 1.165) is 44.9 Å². The quantitative estimate of drug-likeness (QED) is 0.783. The number of rotatable bonds is 3. The van der Waals surface area contributed by atoms with Crippen LogP contribution in [0, 0.1) is 11.8 Å². The van der Waals surface area contributed by atoms with Crippen LogP contribution in [0.25, 0.3) is 0 Å². The Morgan fingerprint density at radius 2 is 1.95 bits per heavy atom. The maximum atomic E-state index is 11.6. The number of alkyl halides is 1. The van der Waals surface area contributed by atoms with Crippen molar-refractivity contribution in [2.45, 2.75) is 88.0 Å². The van der Waals surface area contributed by atoms with Gasteiger partial charge in [-0.15, -0.1) is 11.6 Å². The van der Waals surface area contributed by atoms with E-state index in [2.05, 4.69) is 18.8 Å². The maximum Gasteiger partial charge on any atom is 0.131 e. The molecule has 0 spiro atoms. The minimum atomic E-state index is -1.03. The molecule has 3 N–H and O–H groups in total. The van der Waals surface area contributed by atoms with Crippen LogP contribution in [0.2, 0.25) is 0 Å². The van der Waals surface area contributed by atoms with Gasteiger partial charge in [0.05, 0.1) is 18.2 Å². The van der Waals surface area contributed by atoms with Crippen molar-refractivity contribution in [2.24, 2.45) is 22.6 Å². The number of halogens is 1. The van der Waals surface area contributed by atoms with Crippen LogP contribution in [0.1, 0.15) is 58.8 Å². The lowest BCUT2D eigenvalue weighted by Gasteiger charge is -2.46. The molecule has 3 aliphatic rings. The van der Waals surface area contributed by atoms with Crippen molar-refractivity contribution >= 4 is 17.4 Å². The second-order valence-electron chi connectivity index (χ2n) is 7.54. The van der Waals surface area contributed by atoms with Crippen LogP contribution in [0.3, 0.4) is 0 Å². The standard InChI is InChI=1S/C17H29ClN2O2/c1-10(2)22-15-6-4-3-5-12(15)17(21)13-9-11(18)7-8-14(13)20-16(17)19/h10-15,21H,3-9H2,1-2H3,(H2,19,20)/t11?,12?,13?,14?,15?,17-/m1/s1. The Kier molecular flexibility index (Phi) is 4.73. The maximum absolute atomic E-state index is 11.6. The third kappa shape index (κ3) is 2.78. The molecule has 1 aliphatic heterocycles. The fourth-order valence-electron chi connectivity index (χ4n) is 4.78. The molecule has 2 aliphatic carbocycles. The van der Waals surface area contributed by atoms with Crippen molar-refractivity contribution in [3.63, 3.8) is 0 Å². The Balaban J connectivity index is 1.87. The van der Waals surface area contributed by atoms with Crippen LogP contribution >= 0.6 is 11.6 Å². The first kappa shape index (κ1) is 16.5.